The van der Waals surface area contributed by atoms with Crippen LogP contribution in [0.5, 0.6) is 0 Å². The van der Waals surface area contributed by atoms with Crippen LogP contribution in [0.4, 0.5) is 13.2 Å². The molecule has 0 bridgehead atoms. The Hall–Kier alpha value is -1.98. The number of nitrogens with one attached hydrogen (secondary N) is 1. The zero-order chi connectivity index (χ0) is 14.9. The standard InChI is InChI=1S/C14H15F3N2O/c1-9(2)19(8-14(15,16)17)13(20)11-5-3-4-10-6-7-18-12(10)11/h3-7,9,18H,8H2,1-2H3. The second kappa shape index (κ2) is 5.19. The van der Waals surface area contributed by atoms with Gasteiger partial charge in [0.1, 0.15) is 6.54 Å². The number of amides is 1. The van der Waals surface area contributed by atoms with Gasteiger partial charge in [0.05, 0.1) is 11.1 Å². The number of aromatic nitrogens is 1. The van der Waals surface area contributed by atoms with E-state index in [0.29, 0.717) is 5.52 Å². The quantitative estimate of drug-likeness (QED) is 0.918. The number of alkyl halides is 3. The summed E-state index contributed by atoms with van der Waals surface area (Å²) in [5.74, 6) is -0.620. The second-order valence-electron chi connectivity index (χ2n) is 4.89. The van der Waals surface area contributed by atoms with Gasteiger partial charge in [0.25, 0.3) is 5.91 Å². The van der Waals surface area contributed by atoms with Gasteiger partial charge in [0.2, 0.25) is 0 Å². The van der Waals surface area contributed by atoms with E-state index in [4.69, 9.17) is 0 Å². The summed E-state index contributed by atoms with van der Waals surface area (Å²) < 4.78 is 37.8. The van der Waals surface area contributed by atoms with E-state index in [2.05, 4.69) is 4.98 Å². The van der Waals surface area contributed by atoms with E-state index in [1.165, 1.54) is 6.07 Å². The smallest absolute Gasteiger partial charge is 0.361 e. The van der Waals surface area contributed by atoms with Crippen LogP contribution < -0.4 is 0 Å². The highest BCUT2D eigenvalue weighted by Crippen LogP contribution is 2.23. The van der Waals surface area contributed by atoms with Crippen molar-refractivity contribution in [3.63, 3.8) is 0 Å². The molecule has 108 valence electrons. The van der Waals surface area contributed by atoms with Gasteiger partial charge in [0, 0.05) is 17.6 Å². The summed E-state index contributed by atoms with van der Waals surface area (Å²) >= 11 is 0. The molecule has 0 aliphatic rings. The topological polar surface area (TPSA) is 36.1 Å². The zero-order valence-electron chi connectivity index (χ0n) is 11.2. The van der Waals surface area contributed by atoms with Crippen molar-refractivity contribution in [2.75, 3.05) is 6.54 Å². The third-order valence-corrected chi connectivity index (χ3v) is 3.05. The molecule has 0 fully saturated rings. The molecule has 0 atom stereocenters. The Bertz CT molecular complexity index is 616. The lowest BCUT2D eigenvalue weighted by Crippen LogP contribution is -2.43. The summed E-state index contributed by atoms with van der Waals surface area (Å²) in [6.07, 6.45) is -2.76. The van der Waals surface area contributed by atoms with E-state index >= 15 is 0 Å². The molecule has 1 aromatic heterocycles. The Morgan fingerprint density at radius 3 is 2.60 bits per heavy atom. The van der Waals surface area contributed by atoms with Gasteiger partial charge in [-0.05, 0) is 26.0 Å². The van der Waals surface area contributed by atoms with Gasteiger partial charge < -0.3 is 9.88 Å². The minimum atomic E-state index is -4.41. The van der Waals surface area contributed by atoms with E-state index in [9.17, 15) is 18.0 Å². The number of halogens is 3. The third kappa shape index (κ3) is 2.95. The molecule has 0 aliphatic heterocycles. The number of para-hydroxylation sites is 1. The van der Waals surface area contributed by atoms with Gasteiger partial charge in [-0.25, -0.2) is 0 Å². The van der Waals surface area contributed by atoms with Crippen LogP contribution in [-0.4, -0.2) is 34.6 Å². The Morgan fingerprint density at radius 1 is 1.30 bits per heavy atom. The van der Waals surface area contributed by atoms with Crippen LogP contribution in [0, 0.1) is 0 Å². The first-order valence-electron chi connectivity index (χ1n) is 6.23. The number of fused-ring (bicyclic) bond motifs is 1. The van der Waals surface area contributed by atoms with Crippen LogP contribution in [0.25, 0.3) is 10.9 Å². The number of nitrogens with zero attached hydrogens (tertiary/aromatic N) is 1. The van der Waals surface area contributed by atoms with E-state index in [1.54, 1.807) is 38.2 Å². The minimum Gasteiger partial charge on any atom is -0.361 e. The molecule has 0 saturated heterocycles. The number of benzene rings is 1. The maximum absolute atomic E-state index is 12.6. The van der Waals surface area contributed by atoms with Crippen LogP contribution in [0.3, 0.4) is 0 Å². The lowest BCUT2D eigenvalue weighted by atomic mass is 10.1. The Labute approximate surface area is 114 Å². The van der Waals surface area contributed by atoms with Crippen molar-refractivity contribution in [2.24, 2.45) is 0 Å². The highest BCUT2D eigenvalue weighted by Gasteiger charge is 2.35. The molecule has 3 nitrogen and oxygen atoms in total. The fraction of sp³-hybridized carbons (Fsp3) is 0.357. The van der Waals surface area contributed by atoms with Crippen LogP contribution in [0.2, 0.25) is 0 Å². The van der Waals surface area contributed by atoms with Crippen LogP contribution >= 0.6 is 0 Å². The summed E-state index contributed by atoms with van der Waals surface area (Å²) in [5, 5.41) is 0.798. The van der Waals surface area contributed by atoms with Crippen molar-refractivity contribution in [3.8, 4) is 0 Å². The van der Waals surface area contributed by atoms with E-state index in [0.717, 1.165) is 10.3 Å². The molecule has 0 unspecified atom stereocenters. The molecule has 1 amide bonds. The van der Waals surface area contributed by atoms with Gasteiger partial charge in [-0.15, -0.1) is 0 Å². The van der Waals surface area contributed by atoms with Crippen molar-refractivity contribution in [2.45, 2.75) is 26.1 Å². The molecule has 0 radical (unpaired) electrons. The molecular formula is C14H15F3N2O. The number of carbonyl (C=O) groups excluding carboxylic acids is 1. The van der Waals surface area contributed by atoms with Gasteiger partial charge in [-0.3, -0.25) is 4.79 Å². The predicted molar refractivity (Wildman–Crippen MR) is 70.5 cm³/mol. The molecule has 0 saturated carbocycles. The summed E-state index contributed by atoms with van der Waals surface area (Å²) in [4.78, 5) is 16.1. The first-order valence-corrected chi connectivity index (χ1v) is 6.23. The highest BCUT2D eigenvalue weighted by atomic mass is 19.4. The first-order chi connectivity index (χ1) is 9.29. The fourth-order valence-electron chi connectivity index (χ4n) is 2.10. The molecule has 0 aliphatic carbocycles. The molecule has 20 heavy (non-hydrogen) atoms. The van der Waals surface area contributed by atoms with Crippen molar-refractivity contribution in [1.29, 1.82) is 0 Å². The normalized spacial score (nSPS) is 12.1. The molecule has 0 spiro atoms. The van der Waals surface area contributed by atoms with Crippen molar-refractivity contribution < 1.29 is 18.0 Å². The average Bonchev–Trinajstić information content (AvgIpc) is 2.81. The molecule has 6 heteroatoms. The minimum absolute atomic E-state index is 0.255. The Balaban J connectivity index is 2.39. The van der Waals surface area contributed by atoms with Crippen molar-refractivity contribution in [1.82, 2.24) is 9.88 Å². The Morgan fingerprint density at radius 2 is 2.00 bits per heavy atom. The molecule has 1 heterocycles. The summed E-state index contributed by atoms with van der Waals surface area (Å²) in [7, 11) is 0. The van der Waals surface area contributed by atoms with Gasteiger partial charge >= 0.3 is 6.18 Å². The van der Waals surface area contributed by atoms with Crippen LogP contribution in [-0.2, 0) is 0 Å². The predicted octanol–water partition coefficient (Wildman–Crippen LogP) is 3.58. The fourth-order valence-corrected chi connectivity index (χ4v) is 2.10. The van der Waals surface area contributed by atoms with Crippen molar-refractivity contribution >= 4 is 16.8 Å². The zero-order valence-corrected chi connectivity index (χ0v) is 11.2. The van der Waals surface area contributed by atoms with E-state index in [-0.39, 0.29) is 5.56 Å². The van der Waals surface area contributed by atoms with Gasteiger partial charge in [-0.2, -0.15) is 13.2 Å². The molecule has 2 rings (SSSR count). The SMILES string of the molecule is CC(C)N(CC(F)(F)F)C(=O)c1cccc2cc[nH]c12. The van der Waals surface area contributed by atoms with Gasteiger partial charge in [0.15, 0.2) is 0 Å². The average molecular weight is 284 g/mol. The van der Waals surface area contributed by atoms with Crippen LogP contribution in [0.1, 0.15) is 24.2 Å². The number of rotatable bonds is 3. The summed E-state index contributed by atoms with van der Waals surface area (Å²) in [6, 6.07) is 6.23. The number of hydrogen-bond donors (Lipinski definition) is 1. The first kappa shape index (κ1) is 14.4. The van der Waals surface area contributed by atoms with Gasteiger partial charge in [-0.1, -0.05) is 12.1 Å². The van der Waals surface area contributed by atoms with E-state index < -0.39 is 24.7 Å². The third-order valence-electron chi connectivity index (χ3n) is 3.05. The molecule has 1 aromatic carbocycles. The summed E-state index contributed by atoms with van der Waals surface area (Å²) in [5.41, 5.74) is 0.816. The van der Waals surface area contributed by atoms with E-state index in [1.807, 2.05) is 0 Å². The number of aromatic amines is 1. The monoisotopic (exact) mass is 284 g/mol. The lowest BCUT2D eigenvalue weighted by molar-refractivity contribution is -0.143. The number of H-pyrrole nitrogens is 1. The molecule has 2 aromatic rings. The second-order valence-corrected chi connectivity index (χ2v) is 4.89. The van der Waals surface area contributed by atoms with Crippen molar-refractivity contribution in [3.05, 3.63) is 36.0 Å². The Kier molecular flexibility index (Phi) is 3.74. The lowest BCUT2D eigenvalue weighted by Gasteiger charge is -2.28. The molecular weight excluding hydrogens is 269 g/mol. The maximum atomic E-state index is 12.6. The largest absolute Gasteiger partial charge is 0.406 e. The summed E-state index contributed by atoms with van der Waals surface area (Å²) in [6.45, 7) is 1.89. The van der Waals surface area contributed by atoms with Crippen LogP contribution in [0.15, 0.2) is 30.5 Å². The maximum Gasteiger partial charge on any atom is 0.406 e. The number of carbonyl (C=O) groups is 1. The highest BCUT2D eigenvalue weighted by molar-refractivity contribution is 6.05. The number of hydrogen-bond acceptors (Lipinski definition) is 1. The molecule has 1 N–H and O–H groups in total.